The number of carbonyl (C=O) groups is 1. The van der Waals surface area contributed by atoms with Crippen LogP contribution in [-0.4, -0.2) is 47.7 Å². The molecule has 4 rings (SSSR count). The van der Waals surface area contributed by atoms with Crippen LogP contribution in [-0.2, 0) is 11.2 Å². The number of aliphatic carboxylic acids is 1. The van der Waals surface area contributed by atoms with E-state index in [-0.39, 0.29) is 18.3 Å². The molecule has 0 aliphatic carbocycles. The van der Waals surface area contributed by atoms with Crippen molar-refractivity contribution in [3.05, 3.63) is 58.4 Å². The van der Waals surface area contributed by atoms with Crippen LogP contribution >= 0.6 is 11.3 Å². The topological polar surface area (TPSA) is 62.7 Å². The molecule has 1 unspecified atom stereocenters. The number of thiophene rings is 1. The number of alkyl halides is 1. The number of nitrogens with zero attached hydrogens (tertiary/aromatic N) is 2. The van der Waals surface area contributed by atoms with Gasteiger partial charge in [-0.15, -0.1) is 11.3 Å². The van der Waals surface area contributed by atoms with E-state index in [4.69, 9.17) is 4.74 Å². The van der Waals surface area contributed by atoms with Crippen molar-refractivity contribution < 1.29 is 19.0 Å². The predicted octanol–water partition coefficient (Wildman–Crippen LogP) is 6.14. The molecular formula is C27H33FN2O3S. The summed E-state index contributed by atoms with van der Waals surface area (Å²) in [4.78, 5) is 19.7. The molecule has 0 radical (unpaired) electrons. The summed E-state index contributed by atoms with van der Waals surface area (Å²) >= 11 is 1.79. The first-order valence-electron chi connectivity index (χ1n) is 12.1. The average Bonchev–Trinajstić information content (AvgIpc) is 3.36. The molecule has 34 heavy (non-hydrogen) atoms. The highest BCUT2D eigenvalue weighted by Crippen LogP contribution is 2.36. The van der Waals surface area contributed by atoms with E-state index in [0.717, 1.165) is 49.8 Å². The fraction of sp³-hybridized carbons (Fsp3) is 0.481. The molecule has 3 aromatic rings. The number of hydrogen-bond donors (Lipinski definition) is 1. The van der Waals surface area contributed by atoms with Gasteiger partial charge in [0.1, 0.15) is 11.9 Å². The minimum absolute atomic E-state index is 0.0643. The number of carboxylic acids is 1. The van der Waals surface area contributed by atoms with Crippen LogP contribution in [0.1, 0.15) is 48.7 Å². The predicted molar refractivity (Wildman–Crippen MR) is 134 cm³/mol. The van der Waals surface area contributed by atoms with Crippen LogP contribution in [0.15, 0.2) is 48.0 Å². The molecule has 1 N–H and O–H groups in total. The Morgan fingerprint density at radius 3 is 2.97 bits per heavy atom. The zero-order valence-corrected chi connectivity index (χ0v) is 20.5. The number of methoxy groups -OCH3 is 1. The lowest BCUT2D eigenvalue weighted by Gasteiger charge is -2.38. The Balaban J connectivity index is 1.35. The van der Waals surface area contributed by atoms with Crippen LogP contribution in [0.5, 0.6) is 5.75 Å². The number of halogens is 1. The number of aromatic nitrogens is 1. The van der Waals surface area contributed by atoms with E-state index in [1.807, 2.05) is 18.2 Å². The van der Waals surface area contributed by atoms with Gasteiger partial charge in [-0.2, -0.15) is 0 Å². The number of aryl methyl sites for hydroxylation is 1. The minimum Gasteiger partial charge on any atom is -0.497 e. The van der Waals surface area contributed by atoms with Crippen molar-refractivity contribution in [2.24, 2.45) is 11.8 Å². The smallest absolute Gasteiger partial charge is 0.303 e. The van der Waals surface area contributed by atoms with Gasteiger partial charge in [0.25, 0.3) is 0 Å². The molecule has 1 saturated heterocycles. The molecule has 1 aliphatic heterocycles. The zero-order chi connectivity index (χ0) is 23.9. The standard InChI is InChI=1S/C27H33FN2O3S/c1-33-21-7-9-26-24(17-21)23(10-12-29-26)25(28)8-6-19-11-14-30(18-20(19)16-27(31)32)13-2-4-22-5-3-15-34-22/h3,5,7,9-10,12,15,17,19-20,25H,2,4,6,8,11,13-14,16,18H2,1H3,(H,31,32)/t19-,20+,25?/m1/s1. The maximum absolute atomic E-state index is 15.4. The highest BCUT2D eigenvalue weighted by Gasteiger charge is 2.31. The summed E-state index contributed by atoms with van der Waals surface area (Å²) in [6, 6.07) is 11.5. The van der Waals surface area contributed by atoms with E-state index in [1.165, 1.54) is 4.88 Å². The van der Waals surface area contributed by atoms with E-state index in [2.05, 4.69) is 27.4 Å². The van der Waals surface area contributed by atoms with Gasteiger partial charge >= 0.3 is 5.97 Å². The van der Waals surface area contributed by atoms with Crippen LogP contribution in [0.3, 0.4) is 0 Å². The molecule has 2 aromatic heterocycles. The monoisotopic (exact) mass is 484 g/mol. The summed E-state index contributed by atoms with van der Waals surface area (Å²) in [5, 5.41) is 12.4. The Hall–Kier alpha value is -2.51. The average molecular weight is 485 g/mol. The first-order chi connectivity index (χ1) is 16.5. The second kappa shape index (κ2) is 11.8. The quantitative estimate of drug-likeness (QED) is 0.354. The lowest BCUT2D eigenvalue weighted by Crippen LogP contribution is -2.42. The van der Waals surface area contributed by atoms with Gasteiger partial charge in [0, 0.05) is 29.4 Å². The molecule has 1 aromatic carbocycles. The number of rotatable bonds is 11. The molecule has 0 amide bonds. The van der Waals surface area contributed by atoms with Crippen LogP contribution in [0.4, 0.5) is 4.39 Å². The van der Waals surface area contributed by atoms with E-state index >= 15 is 4.39 Å². The minimum atomic E-state index is -1.12. The van der Waals surface area contributed by atoms with Crippen molar-refractivity contribution in [3.8, 4) is 5.75 Å². The Morgan fingerprint density at radius 2 is 2.21 bits per heavy atom. The highest BCUT2D eigenvalue weighted by atomic mass is 32.1. The van der Waals surface area contributed by atoms with Gasteiger partial charge in [0.05, 0.1) is 12.6 Å². The molecule has 0 bridgehead atoms. The Morgan fingerprint density at radius 1 is 1.32 bits per heavy atom. The van der Waals surface area contributed by atoms with Crippen LogP contribution in [0.25, 0.3) is 10.9 Å². The van der Waals surface area contributed by atoms with E-state index in [1.54, 1.807) is 30.7 Å². The van der Waals surface area contributed by atoms with Crippen LogP contribution < -0.4 is 4.74 Å². The van der Waals surface area contributed by atoms with Crippen molar-refractivity contribution >= 4 is 28.2 Å². The van der Waals surface area contributed by atoms with Gasteiger partial charge < -0.3 is 14.7 Å². The Kier molecular flexibility index (Phi) is 8.51. The first kappa shape index (κ1) is 24.6. The number of piperidine rings is 1. The van der Waals surface area contributed by atoms with Gasteiger partial charge in [-0.05, 0) is 98.3 Å². The van der Waals surface area contributed by atoms with Crippen LogP contribution in [0, 0.1) is 11.8 Å². The lowest BCUT2D eigenvalue weighted by molar-refractivity contribution is -0.139. The molecule has 182 valence electrons. The molecule has 7 heteroatoms. The second-order valence-corrected chi connectivity index (χ2v) is 10.3. The largest absolute Gasteiger partial charge is 0.497 e. The van der Waals surface area contributed by atoms with Crippen molar-refractivity contribution in [2.45, 2.75) is 44.7 Å². The third kappa shape index (κ3) is 6.33. The molecule has 3 heterocycles. The summed E-state index contributed by atoms with van der Waals surface area (Å²) < 4.78 is 20.7. The van der Waals surface area contributed by atoms with Crippen LogP contribution in [0.2, 0.25) is 0 Å². The highest BCUT2D eigenvalue weighted by molar-refractivity contribution is 7.09. The first-order valence-corrected chi connectivity index (χ1v) is 12.9. The zero-order valence-electron chi connectivity index (χ0n) is 19.7. The van der Waals surface area contributed by atoms with Crippen molar-refractivity contribution in [1.29, 1.82) is 0 Å². The number of pyridine rings is 1. The third-order valence-corrected chi connectivity index (χ3v) is 7.94. The normalized spacial score (nSPS) is 19.8. The molecule has 1 fully saturated rings. The fourth-order valence-corrected chi connectivity index (χ4v) is 5.94. The fourth-order valence-electron chi connectivity index (χ4n) is 5.19. The van der Waals surface area contributed by atoms with Crippen molar-refractivity contribution in [2.75, 3.05) is 26.7 Å². The van der Waals surface area contributed by atoms with E-state index in [9.17, 15) is 9.90 Å². The SMILES string of the molecule is COc1ccc2nccc(C(F)CC[C@@H]3CCN(CCCc4cccs4)C[C@@H]3CC(=O)O)c2c1. The number of carboxylic acid groups (broad SMARTS) is 1. The summed E-state index contributed by atoms with van der Waals surface area (Å²) in [6.07, 6.45) is 4.83. The summed E-state index contributed by atoms with van der Waals surface area (Å²) in [5.74, 6) is 0.210. The van der Waals surface area contributed by atoms with Crippen molar-refractivity contribution in [3.63, 3.8) is 0 Å². The Bertz CT molecular complexity index is 1070. The lowest BCUT2D eigenvalue weighted by atomic mass is 9.79. The van der Waals surface area contributed by atoms with Gasteiger partial charge in [0.2, 0.25) is 0 Å². The molecule has 0 saturated carbocycles. The number of ether oxygens (including phenoxy) is 1. The summed E-state index contributed by atoms with van der Waals surface area (Å²) in [6.45, 7) is 2.72. The van der Waals surface area contributed by atoms with Gasteiger partial charge in [0.15, 0.2) is 0 Å². The van der Waals surface area contributed by atoms with E-state index < -0.39 is 12.1 Å². The maximum atomic E-state index is 15.4. The number of benzene rings is 1. The van der Waals surface area contributed by atoms with E-state index in [0.29, 0.717) is 24.2 Å². The number of likely N-dealkylation sites (tertiary alicyclic amines) is 1. The van der Waals surface area contributed by atoms with Gasteiger partial charge in [-0.25, -0.2) is 4.39 Å². The number of hydrogen-bond acceptors (Lipinski definition) is 5. The summed E-state index contributed by atoms with van der Waals surface area (Å²) in [7, 11) is 1.60. The molecule has 5 nitrogen and oxygen atoms in total. The van der Waals surface area contributed by atoms with Gasteiger partial charge in [-0.3, -0.25) is 9.78 Å². The Labute approximate surface area is 204 Å². The van der Waals surface area contributed by atoms with Crippen molar-refractivity contribution in [1.82, 2.24) is 9.88 Å². The molecule has 3 atom stereocenters. The second-order valence-electron chi connectivity index (χ2n) is 9.22. The molecule has 1 aliphatic rings. The third-order valence-electron chi connectivity index (χ3n) is 7.00. The molecule has 0 spiro atoms. The molecular weight excluding hydrogens is 451 g/mol. The van der Waals surface area contributed by atoms with Gasteiger partial charge in [-0.1, -0.05) is 6.07 Å². The maximum Gasteiger partial charge on any atom is 0.303 e. The number of fused-ring (bicyclic) bond motifs is 1. The summed E-state index contributed by atoms with van der Waals surface area (Å²) in [5.41, 5.74) is 1.38.